The molecule has 2 rings (SSSR count). The molecular weight excluding hydrogens is 398 g/mol. The molecule has 0 radical (unpaired) electrons. The molecule has 0 bridgehead atoms. The van der Waals surface area contributed by atoms with Crippen LogP contribution < -0.4 is 0 Å². The summed E-state index contributed by atoms with van der Waals surface area (Å²) in [6, 6.07) is 8.80. The van der Waals surface area contributed by atoms with Crippen LogP contribution in [0.15, 0.2) is 30.3 Å². The maximum absolute atomic E-state index is 12.9. The van der Waals surface area contributed by atoms with E-state index in [9.17, 15) is 9.59 Å². The lowest BCUT2D eigenvalue weighted by molar-refractivity contribution is -0.150. The van der Waals surface area contributed by atoms with Gasteiger partial charge in [0.05, 0.1) is 6.10 Å². The molecule has 30 heavy (non-hydrogen) atoms. The Balaban J connectivity index is 2.14. The Bertz CT molecular complexity index is 736. The summed E-state index contributed by atoms with van der Waals surface area (Å²) in [7, 11) is -2.05. The summed E-state index contributed by atoms with van der Waals surface area (Å²) in [6.45, 7) is 16.8. The van der Waals surface area contributed by atoms with Gasteiger partial charge in [0.2, 0.25) is 0 Å². The molecule has 6 nitrogen and oxygen atoms in total. The molecule has 0 aliphatic carbocycles. The molecular formula is C23H37NO5Si. The van der Waals surface area contributed by atoms with Gasteiger partial charge in [0.15, 0.2) is 8.32 Å². The lowest BCUT2D eigenvalue weighted by atomic mass is 10.2. The second-order valence-electron chi connectivity index (χ2n) is 10.5. The highest BCUT2D eigenvalue weighted by Gasteiger charge is 2.47. The second kappa shape index (κ2) is 9.10. The number of hydrogen-bond donors (Lipinski definition) is 0. The van der Waals surface area contributed by atoms with Crippen molar-refractivity contribution in [1.29, 1.82) is 0 Å². The van der Waals surface area contributed by atoms with E-state index >= 15 is 0 Å². The molecule has 1 amide bonds. The Labute approximate surface area is 182 Å². The fraction of sp³-hybridized carbons (Fsp3) is 0.652. The Morgan fingerprint density at radius 2 is 1.67 bits per heavy atom. The molecule has 1 aromatic carbocycles. The van der Waals surface area contributed by atoms with E-state index in [0.29, 0.717) is 13.0 Å². The summed E-state index contributed by atoms with van der Waals surface area (Å²) < 4.78 is 17.6. The number of esters is 1. The van der Waals surface area contributed by atoms with E-state index < -0.39 is 32.0 Å². The summed E-state index contributed by atoms with van der Waals surface area (Å²) in [6.07, 6.45) is -0.308. The zero-order valence-corrected chi connectivity index (χ0v) is 20.7. The molecule has 0 N–H and O–H groups in total. The monoisotopic (exact) mass is 435 g/mol. The molecule has 1 aromatic rings. The first kappa shape index (κ1) is 24.4. The van der Waals surface area contributed by atoms with Gasteiger partial charge >= 0.3 is 12.1 Å². The highest BCUT2D eigenvalue weighted by Crippen LogP contribution is 2.39. The predicted molar refractivity (Wildman–Crippen MR) is 120 cm³/mol. The minimum Gasteiger partial charge on any atom is -0.459 e. The van der Waals surface area contributed by atoms with Crippen LogP contribution in [0.2, 0.25) is 18.1 Å². The van der Waals surface area contributed by atoms with E-state index in [1.54, 1.807) is 0 Å². The quantitative estimate of drug-likeness (QED) is 0.474. The fourth-order valence-corrected chi connectivity index (χ4v) is 4.40. The lowest BCUT2D eigenvalue weighted by Crippen LogP contribution is -2.45. The van der Waals surface area contributed by atoms with Gasteiger partial charge in [-0.2, -0.15) is 0 Å². The van der Waals surface area contributed by atoms with Gasteiger partial charge in [0.25, 0.3) is 0 Å². The van der Waals surface area contributed by atoms with Crippen molar-refractivity contribution in [3.8, 4) is 0 Å². The largest absolute Gasteiger partial charge is 0.459 e. The van der Waals surface area contributed by atoms with E-state index in [1.807, 2.05) is 51.1 Å². The minimum atomic E-state index is -2.05. The van der Waals surface area contributed by atoms with Crippen molar-refractivity contribution < 1.29 is 23.5 Å². The summed E-state index contributed by atoms with van der Waals surface area (Å²) in [5.41, 5.74) is 0.259. The third-order valence-electron chi connectivity index (χ3n) is 5.65. The van der Waals surface area contributed by atoms with Gasteiger partial charge in [-0.3, -0.25) is 4.90 Å². The normalized spacial score (nSPS) is 20.2. The van der Waals surface area contributed by atoms with Crippen LogP contribution in [0.25, 0.3) is 0 Å². The van der Waals surface area contributed by atoms with Gasteiger partial charge < -0.3 is 13.9 Å². The Hall–Kier alpha value is -1.86. The molecule has 0 unspecified atom stereocenters. The topological polar surface area (TPSA) is 65.1 Å². The van der Waals surface area contributed by atoms with E-state index in [0.717, 1.165) is 5.56 Å². The average Bonchev–Trinajstić information content (AvgIpc) is 3.01. The molecule has 0 aromatic heterocycles. The first-order chi connectivity index (χ1) is 13.7. The molecule has 168 valence electrons. The van der Waals surface area contributed by atoms with Gasteiger partial charge in [-0.05, 0) is 44.5 Å². The van der Waals surface area contributed by atoms with Gasteiger partial charge in [0, 0.05) is 13.0 Å². The Kier molecular flexibility index (Phi) is 7.40. The van der Waals surface area contributed by atoms with Gasteiger partial charge in [-0.1, -0.05) is 51.1 Å². The third kappa shape index (κ3) is 6.57. The molecule has 1 aliphatic rings. The summed E-state index contributed by atoms with van der Waals surface area (Å²) in [5.74, 6) is -0.425. The van der Waals surface area contributed by atoms with Crippen LogP contribution in [0, 0.1) is 0 Å². The van der Waals surface area contributed by atoms with Crippen molar-refractivity contribution in [2.24, 2.45) is 0 Å². The van der Waals surface area contributed by atoms with Crippen LogP contribution in [-0.4, -0.2) is 49.6 Å². The van der Waals surface area contributed by atoms with Crippen LogP contribution in [0.3, 0.4) is 0 Å². The zero-order valence-electron chi connectivity index (χ0n) is 19.7. The van der Waals surface area contributed by atoms with Crippen LogP contribution in [-0.2, 0) is 25.3 Å². The number of likely N-dealkylation sites (tertiary alicyclic amines) is 1. The van der Waals surface area contributed by atoms with Crippen molar-refractivity contribution in [3.63, 3.8) is 0 Å². The highest BCUT2D eigenvalue weighted by atomic mass is 28.4. The second-order valence-corrected chi connectivity index (χ2v) is 15.2. The SMILES string of the molecule is CC(C)(C)OC(=O)N1C[C@H](O[Si](C)(C)C(C)(C)C)C[C@H]1C(=O)OCc1ccccc1. The molecule has 0 spiro atoms. The minimum absolute atomic E-state index is 0.0374. The predicted octanol–water partition coefficient (Wildman–Crippen LogP) is 5.13. The summed E-state index contributed by atoms with van der Waals surface area (Å²) in [5, 5.41) is 0.0374. The number of amides is 1. The van der Waals surface area contributed by atoms with E-state index in [1.165, 1.54) is 4.90 Å². The number of benzene rings is 1. The molecule has 1 heterocycles. The number of carbonyl (C=O) groups excluding carboxylic acids is 2. The van der Waals surface area contributed by atoms with Crippen LogP contribution in [0.1, 0.15) is 53.5 Å². The average molecular weight is 436 g/mol. The number of nitrogens with zero attached hydrogens (tertiary/aromatic N) is 1. The summed E-state index contributed by atoms with van der Waals surface area (Å²) in [4.78, 5) is 27.2. The smallest absolute Gasteiger partial charge is 0.411 e. The van der Waals surface area contributed by atoms with Gasteiger partial charge in [-0.25, -0.2) is 9.59 Å². The van der Waals surface area contributed by atoms with Crippen LogP contribution in [0.4, 0.5) is 4.79 Å². The molecule has 7 heteroatoms. The Morgan fingerprint density at radius 3 is 2.20 bits per heavy atom. The summed E-state index contributed by atoms with van der Waals surface area (Å²) >= 11 is 0. The number of rotatable bonds is 5. The third-order valence-corrected chi connectivity index (χ3v) is 10.2. The molecule has 1 saturated heterocycles. The van der Waals surface area contributed by atoms with Gasteiger partial charge in [0.1, 0.15) is 18.2 Å². The van der Waals surface area contributed by atoms with E-state index in [4.69, 9.17) is 13.9 Å². The highest BCUT2D eigenvalue weighted by molar-refractivity contribution is 6.74. The fourth-order valence-electron chi connectivity index (χ4n) is 3.05. The van der Waals surface area contributed by atoms with Crippen molar-refractivity contribution in [2.75, 3.05) is 6.54 Å². The van der Waals surface area contributed by atoms with Crippen LogP contribution in [0.5, 0.6) is 0 Å². The van der Waals surface area contributed by atoms with Crippen molar-refractivity contribution in [2.45, 2.75) is 90.4 Å². The molecule has 1 fully saturated rings. The van der Waals surface area contributed by atoms with Crippen molar-refractivity contribution in [1.82, 2.24) is 4.90 Å². The van der Waals surface area contributed by atoms with Crippen molar-refractivity contribution in [3.05, 3.63) is 35.9 Å². The molecule has 2 atom stereocenters. The lowest BCUT2D eigenvalue weighted by Gasteiger charge is -2.38. The maximum Gasteiger partial charge on any atom is 0.411 e. The number of carbonyl (C=O) groups is 2. The number of hydrogen-bond acceptors (Lipinski definition) is 5. The standard InChI is InChI=1S/C23H37NO5Si/c1-22(2,3)28-21(26)24-15-18(29-30(7,8)23(4,5)6)14-19(24)20(25)27-16-17-12-10-9-11-13-17/h9-13,18-19H,14-16H2,1-8H3/t18-,19+/m1/s1. The zero-order chi connectivity index (χ0) is 22.7. The first-order valence-electron chi connectivity index (χ1n) is 10.6. The maximum atomic E-state index is 12.9. The molecule has 0 saturated carbocycles. The molecule has 1 aliphatic heterocycles. The Morgan fingerprint density at radius 1 is 1.07 bits per heavy atom. The van der Waals surface area contributed by atoms with E-state index in [2.05, 4.69) is 33.9 Å². The van der Waals surface area contributed by atoms with Crippen LogP contribution >= 0.6 is 0 Å². The van der Waals surface area contributed by atoms with Gasteiger partial charge in [-0.15, -0.1) is 0 Å². The first-order valence-corrected chi connectivity index (χ1v) is 13.5. The van der Waals surface area contributed by atoms with Crippen molar-refractivity contribution >= 4 is 20.4 Å². The number of ether oxygens (including phenoxy) is 2. The van der Waals surface area contributed by atoms with E-state index in [-0.39, 0.29) is 17.7 Å².